The van der Waals surface area contributed by atoms with Crippen LogP contribution in [-0.2, 0) is 24.4 Å². The summed E-state index contributed by atoms with van der Waals surface area (Å²) in [5.41, 5.74) is 3.84. The van der Waals surface area contributed by atoms with Crippen molar-refractivity contribution in [1.82, 2.24) is 30.1 Å². The summed E-state index contributed by atoms with van der Waals surface area (Å²) in [5.74, 6) is 1.63. The molecule has 0 spiro atoms. The summed E-state index contributed by atoms with van der Waals surface area (Å²) in [6.07, 6.45) is 5.67. The van der Waals surface area contributed by atoms with Crippen LogP contribution in [0.15, 0.2) is 45.8 Å². The molecular weight excluding hydrogens is 456 g/mol. The third-order valence-electron chi connectivity index (χ3n) is 7.11. The van der Waals surface area contributed by atoms with Gasteiger partial charge in [0.15, 0.2) is 5.82 Å². The first-order chi connectivity index (χ1) is 17.5. The zero-order valence-corrected chi connectivity index (χ0v) is 21.2. The second kappa shape index (κ2) is 10.8. The molecule has 9 nitrogen and oxygen atoms in total. The minimum absolute atomic E-state index is 0.0793. The van der Waals surface area contributed by atoms with Gasteiger partial charge in [-0.2, -0.15) is 0 Å². The van der Waals surface area contributed by atoms with Crippen molar-refractivity contribution in [2.75, 3.05) is 6.61 Å². The van der Waals surface area contributed by atoms with E-state index in [0.29, 0.717) is 25.2 Å². The Kier molecular flexibility index (Phi) is 7.29. The number of aromatic amines is 1. The number of nitrogens with one attached hydrogen (secondary N) is 1. The van der Waals surface area contributed by atoms with Crippen molar-refractivity contribution in [2.45, 2.75) is 78.2 Å². The molecule has 5 rings (SSSR count). The minimum atomic E-state index is -0.0913. The van der Waals surface area contributed by atoms with Crippen LogP contribution < -0.4 is 5.56 Å². The van der Waals surface area contributed by atoms with Gasteiger partial charge in [0, 0.05) is 24.2 Å². The van der Waals surface area contributed by atoms with E-state index in [1.54, 1.807) is 6.26 Å². The van der Waals surface area contributed by atoms with Gasteiger partial charge in [0.25, 0.3) is 5.56 Å². The van der Waals surface area contributed by atoms with Gasteiger partial charge in [-0.15, -0.1) is 5.10 Å². The fraction of sp³-hybridized carbons (Fsp3) is 0.481. The molecular formula is C27H34N6O3. The molecule has 0 bridgehead atoms. The molecule has 0 radical (unpaired) electrons. The number of hydrogen-bond acceptors (Lipinski definition) is 7. The molecule has 2 unspecified atom stereocenters. The monoisotopic (exact) mass is 490 g/mol. The van der Waals surface area contributed by atoms with Gasteiger partial charge in [-0.1, -0.05) is 13.3 Å². The number of tetrazole rings is 1. The molecule has 190 valence electrons. The van der Waals surface area contributed by atoms with Crippen molar-refractivity contribution in [1.29, 1.82) is 0 Å². The van der Waals surface area contributed by atoms with Crippen molar-refractivity contribution >= 4 is 10.9 Å². The third kappa shape index (κ3) is 5.27. The van der Waals surface area contributed by atoms with Gasteiger partial charge in [-0.05, 0) is 90.4 Å². The number of rotatable bonds is 10. The quantitative estimate of drug-likeness (QED) is 0.350. The number of H-pyrrole nitrogens is 1. The molecule has 3 aromatic heterocycles. The molecule has 1 saturated heterocycles. The summed E-state index contributed by atoms with van der Waals surface area (Å²) in [4.78, 5) is 18.5. The Hall–Kier alpha value is -3.30. The fourth-order valence-corrected chi connectivity index (χ4v) is 5.05. The van der Waals surface area contributed by atoms with Gasteiger partial charge in [-0.3, -0.25) is 9.69 Å². The van der Waals surface area contributed by atoms with Crippen LogP contribution >= 0.6 is 0 Å². The maximum atomic E-state index is 13.2. The normalized spacial score (nSPS) is 16.8. The van der Waals surface area contributed by atoms with E-state index in [2.05, 4.69) is 52.2 Å². The Morgan fingerprint density at radius 3 is 2.83 bits per heavy atom. The lowest BCUT2D eigenvalue weighted by molar-refractivity contribution is 0.0878. The molecule has 1 N–H and O–H groups in total. The molecule has 1 aliphatic heterocycles. The lowest BCUT2D eigenvalue weighted by Gasteiger charge is -2.30. The standard InChI is InChI=1S/C27H34N6O3/c1-4-7-25(26-29-30-31-33(26)17-23-9-6-11-36-23)32(16-22-8-5-10-35-22)15-21-14-20-12-18(2)19(3)13-24(20)28-27(21)34/h5,8,10,12-14,23,25H,4,6-7,9,11,15-17H2,1-3H3,(H,28,34). The van der Waals surface area contributed by atoms with E-state index in [9.17, 15) is 4.79 Å². The van der Waals surface area contributed by atoms with E-state index in [4.69, 9.17) is 9.15 Å². The van der Waals surface area contributed by atoms with Gasteiger partial charge in [0.1, 0.15) is 5.76 Å². The highest BCUT2D eigenvalue weighted by Gasteiger charge is 2.29. The minimum Gasteiger partial charge on any atom is -0.468 e. The highest BCUT2D eigenvalue weighted by atomic mass is 16.5. The second-order valence-electron chi connectivity index (χ2n) is 9.79. The Morgan fingerprint density at radius 1 is 1.22 bits per heavy atom. The SMILES string of the molecule is CCCC(c1nnnn1CC1CCCO1)N(Cc1ccco1)Cc1cc2cc(C)c(C)cc2[nH]c1=O. The van der Waals surface area contributed by atoms with Crippen LogP contribution in [0.3, 0.4) is 0 Å². The summed E-state index contributed by atoms with van der Waals surface area (Å²) in [6, 6.07) is 9.93. The van der Waals surface area contributed by atoms with E-state index >= 15 is 0 Å². The van der Waals surface area contributed by atoms with Crippen molar-refractivity contribution < 1.29 is 9.15 Å². The van der Waals surface area contributed by atoms with Crippen LogP contribution in [-0.4, -0.2) is 42.8 Å². The summed E-state index contributed by atoms with van der Waals surface area (Å²) < 4.78 is 13.4. The van der Waals surface area contributed by atoms with Gasteiger partial charge in [-0.25, -0.2) is 4.68 Å². The maximum absolute atomic E-state index is 13.2. The molecule has 4 heterocycles. The number of ether oxygens (including phenoxy) is 1. The topological polar surface area (TPSA) is 102 Å². The van der Waals surface area contributed by atoms with E-state index in [1.807, 2.05) is 28.9 Å². The first kappa shape index (κ1) is 24.4. The Balaban J connectivity index is 1.51. The Bertz CT molecular complexity index is 1350. The number of fused-ring (bicyclic) bond motifs is 1. The molecule has 9 heteroatoms. The average Bonchev–Trinajstić information content (AvgIpc) is 3.63. The first-order valence-electron chi connectivity index (χ1n) is 12.8. The number of nitrogens with zero attached hydrogens (tertiary/aromatic N) is 5. The lowest BCUT2D eigenvalue weighted by Crippen LogP contribution is -2.33. The average molecular weight is 491 g/mol. The highest BCUT2D eigenvalue weighted by Crippen LogP contribution is 2.29. The van der Waals surface area contributed by atoms with Crippen LogP contribution in [0.4, 0.5) is 0 Å². The zero-order valence-electron chi connectivity index (χ0n) is 21.2. The van der Waals surface area contributed by atoms with Gasteiger partial charge < -0.3 is 14.1 Å². The van der Waals surface area contributed by atoms with Crippen LogP contribution in [0, 0.1) is 13.8 Å². The van der Waals surface area contributed by atoms with Gasteiger partial charge in [0.2, 0.25) is 0 Å². The molecule has 4 aromatic rings. The van der Waals surface area contributed by atoms with Crippen molar-refractivity contribution in [3.8, 4) is 0 Å². The number of aryl methyl sites for hydroxylation is 2. The summed E-state index contributed by atoms with van der Waals surface area (Å²) >= 11 is 0. The predicted octanol–water partition coefficient (Wildman–Crippen LogP) is 4.45. The third-order valence-corrected chi connectivity index (χ3v) is 7.11. The van der Waals surface area contributed by atoms with Gasteiger partial charge in [0.05, 0.1) is 31.5 Å². The maximum Gasteiger partial charge on any atom is 0.252 e. The summed E-state index contributed by atoms with van der Waals surface area (Å²) in [5, 5.41) is 13.8. The van der Waals surface area contributed by atoms with E-state index in [-0.39, 0.29) is 17.7 Å². The van der Waals surface area contributed by atoms with Crippen LogP contribution in [0.2, 0.25) is 0 Å². The number of aromatic nitrogens is 5. The van der Waals surface area contributed by atoms with E-state index in [0.717, 1.165) is 60.3 Å². The summed E-state index contributed by atoms with van der Waals surface area (Å²) in [7, 11) is 0. The second-order valence-corrected chi connectivity index (χ2v) is 9.79. The van der Waals surface area contributed by atoms with E-state index in [1.165, 1.54) is 5.56 Å². The predicted molar refractivity (Wildman–Crippen MR) is 136 cm³/mol. The van der Waals surface area contributed by atoms with Crippen LogP contribution in [0.5, 0.6) is 0 Å². The van der Waals surface area contributed by atoms with E-state index < -0.39 is 0 Å². The van der Waals surface area contributed by atoms with Crippen molar-refractivity contribution in [3.63, 3.8) is 0 Å². The molecule has 0 amide bonds. The van der Waals surface area contributed by atoms with Crippen LogP contribution in [0.1, 0.15) is 66.9 Å². The molecule has 0 aliphatic carbocycles. The Labute approximate surface area is 210 Å². The van der Waals surface area contributed by atoms with Gasteiger partial charge >= 0.3 is 0 Å². The molecule has 1 aromatic carbocycles. The molecule has 1 aliphatic rings. The number of benzene rings is 1. The van der Waals surface area contributed by atoms with Crippen LogP contribution in [0.25, 0.3) is 10.9 Å². The van der Waals surface area contributed by atoms with Crippen molar-refractivity contribution in [3.05, 3.63) is 75.2 Å². The number of furan rings is 1. The molecule has 1 fully saturated rings. The lowest BCUT2D eigenvalue weighted by atomic mass is 10.0. The largest absolute Gasteiger partial charge is 0.468 e. The first-order valence-corrected chi connectivity index (χ1v) is 12.8. The summed E-state index contributed by atoms with van der Waals surface area (Å²) in [6.45, 7) is 8.70. The smallest absolute Gasteiger partial charge is 0.252 e. The molecule has 36 heavy (non-hydrogen) atoms. The zero-order chi connectivity index (χ0) is 25.1. The highest BCUT2D eigenvalue weighted by molar-refractivity contribution is 5.80. The number of hydrogen-bond donors (Lipinski definition) is 1. The number of pyridine rings is 1. The molecule has 0 saturated carbocycles. The molecule has 2 atom stereocenters. The van der Waals surface area contributed by atoms with Crippen molar-refractivity contribution in [2.24, 2.45) is 0 Å². The Morgan fingerprint density at radius 2 is 2.08 bits per heavy atom. The fourth-order valence-electron chi connectivity index (χ4n) is 5.05.